The molecule has 4 amide bonds. The summed E-state index contributed by atoms with van der Waals surface area (Å²) in [5, 5.41) is 15.6. The Bertz CT molecular complexity index is 1110. The summed E-state index contributed by atoms with van der Waals surface area (Å²) in [5.74, 6) is 0.111. The molecule has 3 N–H and O–H groups in total. The van der Waals surface area contributed by atoms with Crippen molar-refractivity contribution in [3.8, 4) is 5.75 Å². The molecule has 0 unspecified atom stereocenters. The molecular formula is C29H40N4O5. The van der Waals surface area contributed by atoms with Crippen molar-refractivity contribution in [1.29, 1.82) is 0 Å². The molecule has 1 aliphatic rings. The lowest BCUT2D eigenvalue weighted by molar-refractivity contribution is -0.134. The zero-order chi connectivity index (χ0) is 27.8. The van der Waals surface area contributed by atoms with Gasteiger partial charge in [-0.3, -0.25) is 9.59 Å². The van der Waals surface area contributed by atoms with Gasteiger partial charge in [-0.25, -0.2) is 4.79 Å². The molecule has 0 saturated heterocycles. The molecule has 0 aliphatic carbocycles. The van der Waals surface area contributed by atoms with E-state index in [0.717, 1.165) is 5.56 Å². The number of urea groups is 1. The van der Waals surface area contributed by atoms with E-state index < -0.39 is 6.10 Å². The van der Waals surface area contributed by atoms with Gasteiger partial charge in [0.25, 0.3) is 0 Å². The highest BCUT2D eigenvalue weighted by Crippen LogP contribution is 2.29. The first-order chi connectivity index (χ1) is 18.1. The van der Waals surface area contributed by atoms with Gasteiger partial charge in [0.2, 0.25) is 11.8 Å². The fourth-order valence-corrected chi connectivity index (χ4v) is 4.42. The lowest BCUT2D eigenvalue weighted by Crippen LogP contribution is -2.49. The SMILES string of the molecule is CC(C)NC(=O)N(C)C[C@H]1Oc2ccc(NC(=O)Cc3ccccc3)cc2CC(=O)N([C@@H](C)CO)C[C@H]1C. The zero-order valence-corrected chi connectivity index (χ0v) is 22.9. The van der Waals surface area contributed by atoms with Crippen LogP contribution >= 0.6 is 0 Å². The molecule has 1 heterocycles. The summed E-state index contributed by atoms with van der Waals surface area (Å²) in [6.45, 7) is 8.11. The van der Waals surface area contributed by atoms with Crippen molar-refractivity contribution in [3.63, 3.8) is 0 Å². The first-order valence-corrected chi connectivity index (χ1v) is 13.1. The van der Waals surface area contributed by atoms with E-state index in [-0.39, 0.29) is 55.3 Å². The second-order valence-electron chi connectivity index (χ2n) is 10.4. The van der Waals surface area contributed by atoms with Crippen LogP contribution in [-0.4, -0.2) is 77.7 Å². The molecule has 2 aromatic rings. The molecule has 9 nitrogen and oxygen atoms in total. The minimum Gasteiger partial charge on any atom is -0.488 e. The number of carbonyl (C=O) groups excluding carboxylic acids is 3. The van der Waals surface area contributed by atoms with Crippen LogP contribution in [-0.2, 0) is 22.4 Å². The fraction of sp³-hybridized carbons (Fsp3) is 0.483. The number of hydrogen-bond acceptors (Lipinski definition) is 5. The normalized spacial score (nSPS) is 18.4. The van der Waals surface area contributed by atoms with Crippen LogP contribution in [0, 0.1) is 5.92 Å². The van der Waals surface area contributed by atoms with Crippen LogP contribution in [0.3, 0.4) is 0 Å². The highest BCUT2D eigenvalue weighted by molar-refractivity contribution is 5.92. The van der Waals surface area contributed by atoms with E-state index in [1.807, 2.05) is 58.0 Å². The third kappa shape index (κ3) is 7.95. The first kappa shape index (κ1) is 29.0. The summed E-state index contributed by atoms with van der Waals surface area (Å²) >= 11 is 0. The maximum Gasteiger partial charge on any atom is 0.317 e. The molecule has 3 atom stereocenters. The largest absolute Gasteiger partial charge is 0.488 e. The average Bonchev–Trinajstić information content (AvgIpc) is 2.91. The van der Waals surface area contributed by atoms with Gasteiger partial charge in [0.1, 0.15) is 11.9 Å². The Balaban J connectivity index is 1.87. The molecule has 1 aliphatic heterocycles. The molecule has 0 aromatic heterocycles. The topological polar surface area (TPSA) is 111 Å². The molecule has 0 saturated carbocycles. The number of nitrogens with one attached hydrogen (secondary N) is 2. The maximum atomic E-state index is 13.4. The molecule has 3 rings (SSSR count). The maximum absolute atomic E-state index is 13.4. The third-order valence-corrected chi connectivity index (χ3v) is 6.62. The number of ether oxygens (including phenoxy) is 1. The van der Waals surface area contributed by atoms with Crippen molar-refractivity contribution in [3.05, 3.63) is 59.7 Å². The Kier molecular flexibility index (Phi) is 10.1. The molecule has 0 radical (unpaired) electrons. The Morgan fingerprint density at radius 1 is 1.16 bits per heavy atom. The smallest absolute Gasteiger partial charge is 0.317 e. The number of benzene rings is 2. The minimum absolute atomic E-state index is 0.00131. The van der Waals surface area contributed by atoms with Crippen LogP contribution in [0.4, 0.5) is 10.5 Å². The molecule has 0 fully saturated rings. The summed E-state index contributed by atoms with van der Waals surface area (Å²) in [6.07, 6.45) is -0.112. The van der Waals surface area contributed by atoms with E-state index in [4.69, 9.17) is 4.74 Å². The summed E-state index contributed by atoms with van der Waals surface area (Å²) in [4.78, 5) is 41.8. The first-order valence-electron chi connectivity index (χ1n) is 13.1. The standard InChI is InChI=1S/C29H40N4O5/c1-19(2)30-29(37)32(5)17-26-20(3)16-33(21(4)18-34)28(36)15-23-14-24(11-12-25(23)38-26)31-27(35)13-22-9-7-6-8-10-22/h6-12,14,19-21,26,34H,13,15-18H2,1-5H3,(H,30,37)(H,31,35)/t20-,21+,26-/m1/s1. The van der Waals surface area contributed by atoms with Crippen molar-refractivity contribution >= 4 is 23.5 Å². The Morgan fingerprint density at radius 3 is 2.53 bits per heavy atom. The predicted octanol–water partition coefficient (Wildman–Crippen LogP) is 3.07. The van der Waals surface area contributed by atoms with Gasteiger partial charge in [0.05, 0.1) is 32.0 Å². The number of aliphatic hydroxyl groups excluding tert-OH is 1. The van der Waals surface area contributed by atoms with Crippen LogP contribution < -0.4 is 15.4 Å². The number of carbonyl (C=O) groups is 3. The van der Waals surface area contributed by atoms with Gasteiger partial charge in [-0.1, -0.05) is 37.3 Å². The fourth-order valence-electron chi connectivity index (χ4n) is 4.42. The van der Waals surface area contributed by atoms with Gasteiger partial charge < -0.3 is 30.3 Å². The van der Waals surface area contributed by atoms with E-state index in [9.17, 15) is 19.5 Å². The molecule has 0 spiro atoms. The van der Waals surface area contributed by atoms with Gasteiger partial charge in [-0.15, -0.1) is 0 Å². The number of aliphatic hydroxyl groups is 1. The highest BCUT2D eigenvalue weighted by atomic mass is 16.5. The molecule has 206 valence electrons. The lowest BCUT2D eigenvalue weighted by atomic mass is 10.0. The molecule has 38 heavy (non-hydrogen) atoms. The predicted molar refractivity (Wildman–Crippen MR) is 147 cm³/mol. The Hall–Kier alpha value is -3.59. The minimum atomic E-state index is -0.408. The number of amides is 4. The summed E-state index contributed by atoms with van der Waals surface area (Å²) in [5.41, 5.74) is 2.11. The summed E-state index contributed by atoms with van der Waals surface area (Å²) in [7, 11) is 1.71. The van der Waals surface area contributed by atoms with Crippen molar-refractivity contribution in [2.45, 2.75) is 58.7 Å². The molecule has 9 heteroatoms. The number of anilines is 1. The van der Waals surface area contributed by atoms with Crippen molar-refractivity contribution in [2.24, 2.45) is 5.92 Å². The van der Waals surface area contributed by atoms with Gasteiger partial charge in [-0.2, -0.15) is 0 Å². The van der Waals surface area contributed by atoms with Crippen LogP contribution in [0.2, 0.25) is 0 Å². The quantitative estimate of drug-likeness (QED) is 0.492. The second kappa shape index (κ2) is 13.3. The molecule has 0 bridgehead atoms. The Morgan fingerprint density at radius 2 is 1.87 bits per heavy atom. The van der Waals surface area contributed by atoms with Gasteiger partial charge in [-0.05, 0) is 44.5 Å². The molecular weight excluding hydrogens is 484 g/mol. The van der Waals surface area contributed by atoms with E-state index in [1.54, 1.807) is 35.0 Å². The van der Waals surface area contributed by atoms with Crippen molar-refractivity contribution in [2.75, 3.05) is 32.1 Å². The van der Waals surface area contributed by atoms with Crippen molar-refractivity contribution in [1.82, 2.24) is 15.1 Å². The summed E-state index contributed by atoms with van der Waals surface area (Å²) < 4.78 is 6.44. The van der Waals surface area contributed by atoms with Gasteiger partial charge in [0.15, 0.2) is 0 Å². The number of rotatable bonds is 8. The van der Waals surface area contributed by atoms with Gasteiger partial charge in [0, 0.05) is 36.8 Å². The van der Waals surface area contributed by atoms with Crippen LogP contribution in [0.25, 0.3) is 0 Å². The van der Waals surface area contributed by atoms with Gasteiger partial charge >= 0.3 is 6.03 Å². The van der Waals surface area contributed by atoms with E-state index in [0.29, 0.717) is 30.1 Å². The van der Waals surface area contributed by atoms with E-state index >= 15 is 0 Å². The summed E-state index contributed by atoms with van der Waals surface area (Å²) in [6, 6.07) is 14.2. The van der Waals surface area contributed by atoms with Crippen LogP contribution in [0.15, 0.2) is 48.5 Å². The number of hydrogen-bond donors (Lipinski definition) is 3. The zero-order valence-electron chi connectivity index (χ0n) is 22.9. The average molecular weight is 525 g/mol. The third-order valence-electron chi connectivity index (χ3n) is 6.62. The number of nitrogens with zero attached hydrogens (tertiary/aromatic N) is 2. The number of likely N-dealkylation sites (N-methyl/N-ethyl adjacent to an activating group) is 1. The van der Waals surface area contributed by atoms with Crippen molar-refractivity contribution < 1.29 is 24.2 Å². The second-order valence-corrected chi connectivity index (χ2v) is 10.4. The van der Waals surface area contributed by atoms with Crippen LogP contribution in [0.5, 0.6) is 5.75 Å². The van der Waals surface area contributed by atoms with Crippen LogP contribution in [0.1, 0.15) is 38.8 Å². The van der Waals surface area contributed by atoms with E-state index in [2.05, 4.69) is 10.6 Å². The molecule has 2 aromatic carbocycles. The monoisotopic (exact) mass is 524 g/mol. The Labute approximate surface area is 225 Å². The highest BCUT2D eigenvalue weighted by Gasteiger charge is 2.32. The van der Waals surface area contributed by atoms with E-state index in [1.165, 1.54) is 0 Å². The lowest BCUT2D eigenvalue weighted by Gasteiger charge is -2.34. The number of fused-ring (bicyclic) bond motifs is 1.